The summed E-state index contributed by atoms with van der Waals surface area (Å²) < 4.78 is 5.39. The molecule has 1 atom stereocenters. The molecule has 0 aromatic heterocycles. The Labute approximate surface area is 131 Å². The van der Waals surface area contributed by atoms with Crippen molar-refractivity contribution in [2.45, 2.75) is 19.5 Å². The minimum Gasteiger partial charge on any atom is -0.496 e. The first kappa shape index (κ1) is 15.7. The van der Waals surface area contributed by atoms with Gasteiger partial charge in [-0.3, -0.25) is 0 Å². The molecule has 4 heteroatoms. The smallest absolute Gasteiger partial charge is 0.123 e. The maximum Gasteiger partial charge on any atom is 0.123 e. The van der Waals surface area contributed by atoms with E-state index in [0.29, 0.717) is 5.02 Å². The number of halogens is 1. The van der Waals surface area contributed by atoms with E-state index >= 15 is 0 Å². The van der Waals surface area contributed by atoms with E-state index in [-0.39, 0.29) is 6.04 Å². The fourth-order valence-corrected chi connectivity index (χ4v) is 2.62. The summed E-state index contributed by atoms with van der Waals surface area (Å²) in [6, 6.07) is 13.9. The molecular formula is C17H21ClN2O. The van der Waals surface area contributed by atoms with Gasteiger partial charge in [-0.25, -0.2) is 0 Å². The first-order valence-electron chi connectivity index (χ1n) is 6.91. The maximum absolute atomic E-state index is 6.38. The average Bonchev–Trinajstić information content (AvgIpc) is 2.47. The minimum absolute atomic E-state index is 0.0175. The third-order valence-electron chi connectivity index (χ3n) is 3.51. The van der Waals surface area contributed by atoms with E-state index in [9.17, 15) is 0 Å². The second-order valence-electron chi connectivity index (χ2n) is 5.17. The predicted molar refractivity (Wildman–Crippen MR) is 89.2 cm³/mol. The molecule has 0 radical (unpaired) electrons. The second-order valence-corrected chi connectivity index (χ2v) is 5.57. The van der Waals surface area contributed by atoms with Crippen molar-refractivity contribution in [1.82, 2.24) is 0 Å². The molecule has 0 unspecified atom stereocenters. The molecule has 0 aliphatic heterocycles. The van der Waals surface area contributed by atoms with Gasteiger partial charge in [-0.1, -0.05) is 35.9 Å². The molecule has 0 amide bonds. The quantitative estimate of drug-likeness (QED) is 0.907. The first-order valence-corrected chi connectivity index (χ1v) is 7.28. The van der Waals surface area contributed by atoms with Gasteiger partial charge in [0, 0.05) is 25.2 Å². The van der Waals surface area contributed by atoms with Crippen molar-refractivity contribution in [1.29, 1.82) is 0 Å². The molecule has 0 bridgehead atoms. The Bertz CT molecular complexity index is 613. The van der Waals surface area contributed by atoms with Gasteiger partial charge >= 0.3 is 0 Å². The van der Waals surface area contributed by atoms with Crippen LogP contribution in [0.4, 0.5) is 5.69 Å². The van der Waals surface area contributed by atoms with E-state index in [4.69, 9.17) is 22.1 Å². The van der Waals surface area contributed by atoms with Crippen LogP contribution in [0.25, 0.3) is 0 Å². The number of nitrogens with two attached hydrogens (primary N) is 1. The van der Waals surface area contributed by atoms with Gasteiger partial charge in [0.15, 0.2) is 0 Å². The standard InChI is InChI=1S/C17H21ClN2O/c1-12(19)13-8-9-16(15(18)10-13)20(2)11-14-6-4-5-7-17(14)21-3/h4-10,12H,11,19H2,1-3H3/t12-/m1/s1. The molecule has 3 nitrogen and oxygen atoms in total. The monoisotopic (exact) mass is 304 g/mol. The molecule has 21 heavy (non-hydrogen) atoms. The lowest BCUT2D eigenvalue weighted by Crippen LogP contribution is -2.17. The fourth-order valence-electron chi connectivity index (χ4n) is 2.29. The molecule has 112 valence electrons. The lowest BCUT2D eigenvalue weighted by atomic mass is 10.1. The van der Waals surface area contributed by atoms with Crippen LogP contribution in [-0.2, 0) is 6.54 Å². The van der Waals surface area contributed by atoms with Crippen molar-refractivity contribution in [2.24, 2.45) is 5.73 Å². The minimum atomic E-state index is -0.0175. The van der Waals surface area contributed by atoms with Crippen LogP contribution in [0.1, 0.15) is 24.1 Å². The third-order valence-corrected chi connectivity index (χ3v) is 3.81. The zero-order valence-electron chi connectivity index (χ0n) is 12.6. The van der Waals surface area contributed by atoms with E-state index in [1.54, 1.807) is 7.11 Å². The Morgan fingerprint density at radius 2 is 1.95 bits per heavy atom. The molecule has 0 heterocycles. The van der Waals surface area contributed by atoms with Crippen LogP contribution in [0.5, 0.6) is 5.75 Å². The molecule has 0 spiro atoms. The number of nitrogens with zero attached hydrogens (tertiary/aromatic N) is 1. The number of rotatable bonds is 5. The summed E-state index contributed by atoms with van der Waals surface area (Å²) in [4.78, 5) is 2.10. The topological polar surface area (TPSA) is 38.5 Å². The summed E-state index contributed by atoms with van der Waals surface area (Å²) in [5, 5.41) is 0.710. The van der Waals surface area contributed by atoms with Crippen LogP contribution in [0, 0.1) is 0 Å². The van der Waals surface area contributed by atoms with Gasteiger partial charge in [0.2, 0.25) is 0 Å². The van der Waals surface area contributed by atoms with Crippen molar-refractivity contribution in [2.75, 3.05) is 19.1 Å². The predicted octanol–water partition coefficient (Wildman–Crippen LogP) is 4.00. The average molecular weight is 305 g/mol. The summed E-state index contributed by atoms with van der Waals surface area (Å²) in [5.74, 6) is 0.882. The van der Waals surface area contributed by atoms with Crippen molar-refractivity contribution in [3.8, 4) is 5.75 Å². The molecule has 0 saturated heterocycles. The number of para-hydroxylation sites is 1. The molecule has 0 saturated carbocycles. The molecule has 2 aromatic carbocycles. The number of hydrogen-bond acceptors (Lipinski definition) is 3. The highest BCUT2D eigenvalue weighted by molar-refractivity contribution is 6.33. The Kier molecular flexibility index (Phi) is 5.10. The van der Waals surface area contributed by atoms with Crippen LogP contribution in [0.2, 0.25) is 5.02 Å². The van der Waals surface area contributed by atoms with Crippen LogP contribution in [0.3, 0.4) is 0 Å². The normalized spacial score (nSPS) is 12.0. The maximum atomic E-state index is 6.38. The highest BCUT2D eigenvalue weighted by Gasteiger charge is 2.11. The van der Waals surface area contributed by atoms with Crippen molar-refractivity contribution in [3.05, 3.63) is 58.6 Å². The molecule has 0 fully saturated rings. The Balaban J connectivity index is 2.22. The van der Waals surface area contributed by atoms with Gasteiger partial charge in [0.05, 0.1) is 17.8 Å². The summed E-state index contributed by atoms with van der Waals surface area (Å²) in [7, 11) is 3.70. The Morgan fingerprint density at radius 3 is 2.57 bits per heavy atom. The number of ether oxygens (including phenoxy) is 1. The Morgan fingerprint density at radius 1 is 1.24 bits per heavy atom. The molecule has 0 aliphatic rings. The van der Waals surface area contributed by atoms with E-state index < -0.39 is 0 Å². The van der Waals surface area contributed by atoms with Crippen LogP contribution in [0.15, 0.2) is 42.5 Å². The first-order chi connectivity index (χ1) is 10.0. The number of hydrogen-bond donors (Lipinski definition) is 1. The molecule has 2 rings (SSSR count). The lowest BCUT2D eigenvalue weighted by molar-refractivity contribution is 0.409. The van der Waals surface area contributed by atoms with Gasteiger partial charge in [-0.2, -0.15) is 0 Å². The fraction of sp³-hybridized carbons (Fsp3) is 0.294. The number of anilines is 1. The summed E-state index contributed by atoms with van der Waals surface area (Å²) >= 11 is 6.38. The van der Waals surface area contributed by atoms with Gasteiger partial charge in [-0.05, 0) is 30.7 Å². The SMILES string of the molecule is COc1ccccc1CN(C)c1ccc([C@@H](C)N)cc1Cl. The number of benzene rings is 2. The van der Waals surface area contributed by atoms with E-state index in [0.717, 1.165) is 29.1 Å². The highest BCUT2D eigenvalue weighted by Crippen LogP contribution is 2.30. The molecule has 2 N–H and O–H groups in total. The molecular weight excluding hydrogens is 284 g/mol. The van der Waals surface area contributed by atoms with Crippen molar-refractivity contribution >= 4 is 17.3 Å². The summed E-state index contributed by atoms with van der Waals surface area (Å²) in [6.07, 6.45) is 0. The molecule has 0 aliphatic carbocycles. The zero-order chi connectivity index (χ0) is 15.4. The summed E-state index contributed by atoms with van der Waals surface area (Å²) in [6.45, 7) is 2.67. The lowest BCUT2D eigenvalue weighted by Gasteiger charge is -2.22. The highest BCUT2D eigenvalue weighted by atomic mass is 35.5. The van der Waals surface area contributed by atoms with Crippen molar-refractivity contribution in [3.63, 3.8) is 0 Å². The van der Waals surface area contributed by atoms with Crippen LogP contribution in [-0.4, -0.2) is 14.2 Å². The Hall–Kier alpha value is -1.71. The zero-order valence-corrected chi connectivity index (χ0v) is 13.4. The van der Waals surface area contributed by atoms with Crippen molar-refractivity contribution < 1.29 is 4.74 Å². The van der Waals surface area contributed by atoms with Gasteiger partial charge < -0.3 is 15.4 Å². The largest absolute Gasteiger partial charge is 0.496 e. The van der Waals surface area contributed by atoms with E-state index in [2.05, 4.69) is 11.0 Å². The van der Waals surface area contributed by atoms with Crippen LogP contribution >= 0.6 is 11.6 Å². The second kappa shape index (κ2) is 6.83. The summed E-state index contributed by atoms with van der Waals surface area (Å²) in [5.41, 5.74) is 9.02. The van der Waals surface area contributed by atoms with E-state index in [1.807, 2.05) is 50.4 Å². The third kappa shape index (κ3) is 3.69. The van der Waals surface area contributed by atoms with Gasteiger partial charge in [0.1, 0.15) is 5.75 Å². The number of methoxy groups -OCH3 is 1. The van der Waals surface area contributed by atoms with Crippen LogP contribution < -0.4 is 15.4 Å². The molecule has 2 aromatic rings. The van der Waals surface area contributed by atoms with E-state index in [1.165, 1.54) is 0 Å². The van der Waals surface area contributed by atoms with Gasteiger partial charge in [0.25, 0.3) is 0 Å². The van der Waals surface area contributed by atoms with Gasteiger partial charge in [-0.15, -0.1) is 0 Å².